The molecule has 4 heteroatoms. The Morgan fingerprint density at radius 3 is 2.65 bits per heavy atom. The minimum absolute atomic E-state index is 0.248. The third-order valence-electron chi connectivity index (χ3n) is 3.06. The van der Waals surface area contributed by atoms with E-state index < -0.39 is 0 Å². The molecule has 3 N–H and O–H groups in total. The van der Waals surface area contributed by atoms with Crippen molar-refractivity contribution < 1.29 is 4.79 Å². The Labute approximate surface area is 127 Å². The van der Waals surface area contributed by atoms with Crippen molar-refractivity contribution in [2.75, 3.05) is 5.32 Å². The average molecular weight is 333 g/mol. The molecule has 2 rings (SSSR count). The highest BCUT2D eigenvalue weighted by Crippen LogP contribution is 2.21. The monoisotopic (exact) mass is 332 g/mol. The summed E-state index contributed by atoms with van der Waals surface area (Å²) >= 11 is 3.57. The average Bonchev–Trinajstić information content (AvgIpc) is 2.39. The topological polar surface area (TPSA) is 55.1 Å². The zero-order chi connectivity index (χ0) is 14.5. The number of anilines is 1. The lowest BCUT2D eigenvalue weighted by Crippen LogP contribution is -2.15. The molecular weight excluding hydrogens is 316 g/mol. The first kappa shape index (κ1) is 14.6. The van der Waals surface area contributed by atoms with Crippen LogP contribution < -0.4 is 11.1 Å². The van der Waals surface area contributed by atoms with Crippen molar-refractivity contribution in [2.45, 2.75) is 19.9 Å². The summed E-state index contributed by atoms with van der Waals surface area (Å²) in [5, 5.41) is 3.36. The molecule has 0 aliphatic carbocycles. The van der Waals surface area contributed by atoms with Gasteiger partial charge in [-0.2, -0.15) is 0 Å². The highest BCUT2D eigenvalue weighted by Gasteiger charge is 2.06. The van der Waals surface area contributed by atoms with Gasteiger partial charge in [0.15, 0.2) is 0 Å². The summed E-state index contributed by atoms with van der Waals surface area (Å²) in [6.45, 7) is 2.75. The van der Waals surface area contributed by atoms with Crippen LogP contribution in [0.5, 0.6) is 0 Å². The quantitative estimate of drug-likeness (QED) is 0.881. The van der Waals surface area contributed by atoms with Crippen molar-refractivity contribution in [1.29, 1.82) is 0 Å². The van der Waals surface area contributed by atoms with Crippen LogP contribution in [-0.4, -0.2) is 5.91 Å². The molecule has 0 radical (unpaired) electrons. The molecular formula is C16H17BrN2O. The minimum Gasteiger partial charge on any atom is -0.381 e. The molecule has 0 aliphatic rings. The van der Waals surface area contributed by atoms with Crippen LogP contribution in [-0.2, 0) is 17.8 Å². The second-order valence-corrected chi connectivity index (χ2v) is 5.60. The first-order valence-electron chi connectivity index (χ1n) is 6.41. The first-order chi connectivity index (χ1) is 9.56. The fraction of sp³-hybridized carbons (Fsp3) is 0.188. The largest absolute Gasteiger partial charge is 0.381 e. The van der Waals surface area contributed by atoms with Crippen molar-refractivity contribution in [3.63, 3.8) is 0 Å². The normalized spacial score (nSPS) is 10.3. The van der Waals surface area contributed by atoms with Gasteiger partial charge in [0, 0.05) is 16.7 Å². The number of benzene rings is 2. The van der Waals surface area contributed by atoms with Crippen LogP contribution in [0.3, 0.4) is 0 Å². The number of primary amides is 1. The smallest absolute Gasteiger partial charge is 0.221 e. The van der Waals surface area contributed by atoms with Gasteiger partial charge in [0.05, 0.1) is 6.42 Å². The van der Waals surface area contributed by atoms with Gasteiger partial charge in [-0.25, -0.2) is 0 Å². The van der Waals surface area contributed by atoms with Gasteiger partial charge in [0.1, 0.15) is 0 Å². The van der Waals surface area contributed by atoms with Crippen LogP contribution in [0.1, 0.15) is 16.7 Å². The molecule has 2 aromatic rings. The summed E-state index contributed by atoms with van der Waals surface area (Å²) < 4.78 is 1.08. The lowest BCUT2D eigenvalue weighted by atomic mass is 10.1. The number of nitrogens with one attached hydrogen (secondary N) is 1. The number of rotatable bonds is 5. The Morgan fingerprint density at radius 1 is 1.20 bits per heavy atom. The lowest BCUT2D eigenvalue weighted by Gasteiger charge is -2.12. The number of para-hydroxylation sites is 1. The predicted octanol–water partition coefficient (Wildman–Crippen LogP) is 3.40. The van der Waals surface area contributed by atoms with Gasteiger partial charge in [-0.1, -0.05) is 46.3 Å². The molecule has 0 saturated carbocycles. The van der Waals surface area contributed by atoms with Gasteiger partial charge in [-0.15, -0.1) is 0 Å². The molecule has 0 fully saturated rings. The van der Waals surface area contributed by atoms with E-state index >= 15 is 0 Å². The number of nitrogens with two attached hydrogens (primary N) is 1. The molecule has 1 amide bonds. The standard InChI is InChI=1S/C16H17BrN2O/c1-11-6-7-13(14(17)8-11)10-19-15-5-3-2-4-12(15)9-16(18)20/h2-8,19H,9-10H2,1H3,(H2,18,20). The molecule has 0 aliphatic heterocycles. The Morgan fingerprint density at radius 2 is 1.95 bits per heavy atom. The van der Waals surface area contributed by atoms with Crippen molar-refractivity contribution in [3.8, 4) is 0 Å². The van der Waals surface area contributed by atoms with E-state index in [1.54, 1.807) is 0 Å². The highest BCUT2D eigenvalue weighted by atomic mass is 79.9. The van der Waals surface area contributed by atoms with E-state index in [0.717, 1.165) is 15.7 Å². The van der Waals surface area contributed by atoms with Gasteiger partial charge in [-0.05, 0) is 35.7 Å². The molecule has 0 unspecified atom stereocenters. The summed E-state index contributed by atoms with van der Waals surface area (Å²) in [6, 6.07) is 14.0. The van der Waals surface area contributed by atoms with Crippen molar-refractivity contribution in [3.05, 3.63) is 63.6 Å². The maximum atomic E-state index is 11.1. The second-order valence-electron chi connectivity index (χ2n) is 4.75. The van der Waals surface area contributed by atoms with Crippen molar-refractivity contribution >= 4 is 27.5 Å². The van der Waals surface area contributed by atoms with E-state index in [-0.39, 0.29) is 12.3 Å². The van der Waals surface area contributed by atoms with E-state index in [0.29, 0.717) is 6.54 Å². The Kier molecular flexibility index (Phi) is 4.79. The SMILES string of the molecule is Cc1ccc(CNc2ccccc2CC(N)=O)c(Br)c1. The van der Waals surface area contributed by atoms with Crippen LogP contribution >= 0.6 is 15.9 Å². The maximum Gasteiger partial charge on any atom is 0.221 e. The molecule has 3 nitrogen and oxygen atoms in total. The molecule has 0 bridgehead atoms. The summed E-state index contributed by atoms with van der Waals surface area (Å²) in [7, 11) is 0. The van der Waals surface area contributed by atoms with Gasteiger partial charge in [0.2, 0.25) is 5.91 Å². The summed E-state index contributed by atoms with van der Waals surface area (Å²) in [4.78, 5) is 11.1. The first-order valence-corrected chi connectivity index (χ1v) is 7.20. The Hall–Kier alpha value is -1.81. The minimum atomic E-state index is -0.323. The number of hydrogen-bond acceptors (Lipinski definition) is 2. The summed E-state index contributed by atoms with van der Waals surface area (Å²) in [5.74, 6) is -0.323. The molecule has 104 valence electrons. The summed E-state index contributed by atoms with van der Waals surface area (Å²) in [6.07, 6.45) is 0.248. The Balaban J connectivity index is 2.12. The number of aryl methyl sites for hydroxylation is 1. The summed E-state index contributed by atoms with van der Waals surface area (Å²) in [5.41, 5.74) is 9.52. The predicted molar refractivity (Wildman–Crippen MR) is 85.5 cm³/mol. The fourth-order valence-corrected chi connectivity index (χ4v) is 2.65. The molecule has 2 aromatic carbocycles. The number of amides is 1. The molecule has 0 spiro atoms. The van der Waals surface area contributed by atoms with Gasteiger partial charge >= 0.3 is 0 Å². The van der Waals surface area contributed by atoms with Crippen LogP contribution in [0, 0.1) is 6.92 Å². The molecule has 20 heavy (non-hydrogen) atoms. The van der Waals surface area contributed by atoms with E-state index in [2.05, 4.69) is 46.4 Å². The van der Waals surface area contributed by atoms with E-state index in [1.807, 2.05) is 24.3 Å². The molecule has 0 aromatic heterocycles. The molecule has 0 heterocycles. The number of carbonyl (C=O) groups is 1. The number of hydrogen-bond donors (Lipinski definition) is 2. The fourth-order valence-electron chi connectivity index (χ4n) is 2.02. The second kappa shape index (κ2) is 6.57. The van der Waals surface area contributed by atoms with Crippen molar-refractivity contribution in [2.24, 2.45) is 5.73 Å². The third-order valence-corrected chi connectivity index (χ3v) is 3.80. The van der Waals surface area contributed by atoms with Crippen LogP contribution in [0.15, 0.2) is 46.9 Å². The van der Waals surface area contributed by atoms with E-state index in [9.17, 15) is 4.79 Å². The van der Waals surface area contributed by atoms with Crippen LogP contribution in [0.2, 0.25) is 0 Å². The number of halogens is 1. The van der Waals surface area contributed by atoms with Crippen molar-refractivity contribution in [1.82, 2.24) is 0 Å². The highest BCUT2D eigenvalue weighted by molar-refractivity contribution is 9.10. The van der Waals surface area contributed by atoms with Gasteiger partial charge in [0.25, 0.3) is 0 Å². The zero-order valence-electron chi connectivity index (χ0n) is 11.3. The van der Waals surface area contributed by atoms with Gasteiger partial charge < -0.3 is 11.1 Å². The van der Waals surface area contributed by atoms with Crippen LogP contribution in [0.25, 0.3) is 0 Å². The zero-order valence-corrected chi connectivity index (χ0v) is 12.9. The maximum absolute atomic E-state index is 11.1. The van der Waals surface area contributed by atoms with Gasteiger partial charge in [-0.3, -0.25) is 4.79 Å². The molecule has 0 atom stereocenters. The lowest BCUT2D eigenvalue weighted by molar-refractivity contribution is -0.117. The van der Waals surface area contributed by atoms with Crippen LogP contribution in [0.4, 0.5) is 5.69 Å². The van der Waals surface area contributed by atoms with E-state index in [4.69, 9.17) is 5.73 Å². The Bertz CT molecular complexity index is 626. The molecule has 0 saturated heterocycles. The number of carbonyl (C=O) groups excluding carboxylic acids is 1. The third kappa shape index (κ3) is 3.84. The van der Waals surface area contributed by atoms with E-state index in [1.165, 1.54) is 11.1 Å².